The lowest BCUT2D eigenvalue weighted by Gasteiger charge is -2.29. The van der Waals surface area contributed by atoms with E-state index in [1.807, 2.05) is 60.3 Å². The number of hydrogen-bond donors (Lipinski definition) is 1. The van der Waals surface area contributed by atoms with Gasteiger partial charge in [0.25, 0.3) is 0 Å². The number of aromatic nitrogens is 2. The number of rotatable bonds is 8. The van der Waals surface area contributed by atoms with Crippen molar-refractivity contribution in [2.45, 2.75) is 49.1 Å². The van der Waals surface area contributed by atoms with Crippen LogP contribution in [0.3, 0.4) is 0 Å². The van der Waals surface area contributed by atoms with Crippen molar-refractivity contribution in [3.8, 4) is 0 Å². The Hall–Kier alpha value is -3.53. The van der Waals surface area contributed by atoms with Gasteiger partial charge in [-0.25, -0.2) is 22.5 Å². The van der Waals surface area contributed by atoms with Crippen molar-refractivity contribution in [2.24, 2.45) is 13.0 Å². The van der Waals surface area contributed by atoms with Crippen molar-refractivity contribution in [1.29, 1.82) is 0 Å². The molecule has 6 rings (SSSR count). The highest BCUT2D eigenvalue weighted by molar-refractivity contribution is 7.89. The zero-order valence-corrected chi connectivity index (χ0v) is 24.1. The van der Waals surface area contributed by atoms with Crippen LogP contribution in [-0.4, -0.2) is 23.9 Å². The lowest BCUT2D eigenvalue weighted by molar-refractivity contribution is -0.120. The molecule has 0 spiro atoms. The molecule has 7 nitrogen and oxygen atoms in total. The summed E-state index contributed by atoms with van der Waals surface area (Å²) in [7, 11) is -2.08. The third-order valence-electron chi connectivity index (χ3n) is 8.06. The number of imidazole rings is 1. The molecule has 3 atom stereocenters. The number of nitrogens with zero attached hydrogens (tertiary/aromatic N) is 3. The number of fused-ring (bicyclic) bond motifs is 1. The summed E-state index contributed by atoms with van der Waals surface area (Å²) in [5, 5.41) is 0.658. The zero-order valence-electron chi connectivity index (χ0n) is 22.5. The van der Waals surface area contributed by atoms with Crippen molar-refractivity contribution in [1.82, 2.24) is 14.3 Å². The van der Waals surface area contributed by atoms with Gasteiger partial charge in [0.1, 0.15) is 11.6 Å². The molecular weight excluding hydrogens is 563 g/mol. The minimum atomic E-state index is -3.96. The van der Waals surface area contributed by atoms with Crippen molar-refractivity contribution >= 4 is 33.2 Å². The van der Waals surface area contributed by atoms with Gasteiger partial charge in [-0.15, -0.1) is 0 Å². The fraction of sp³-hybridized carbons (Fsp3) is 0.290. The number of benzene rings is 3. The number of halogens is 2. The van der Waals surface area contributed by atoms with Crippen molar-refractivity contribution in [3.63, 3.8) is 0 Å². The van der Waals surface area contributed by atoms with Crippen LogP contribution in [0, 0.1) is 11.7 Å². The Labute approximate surface area is 244 Å². The first-order valence-corrected chi connectivity index (χ1v) is 15.5. The highest BCUT2D eigenvalue weighted by Crippen LogP contribution is 2.51. The third kappa shape index (κ3) is 5.66. The molecule has 1 amide bonds. The molecule has 0 saturated heterocycles. The minimum absolute atomic E-state index is 0.0226. The Kier molecular flexibility index (Phi) is 7.44. The molecule has 41 heavy (non-hydrogen) atoms. The second kappa shape index (κ2) is 11.0. The summed E-state index contributed by atoms with van der Waals surface area (Å²) < 4.78 is 44.8. The minimum Gasteiger partial charge on any atom is -0.337 e. The van der Waals surface area contributed by atoms with Crippen molar-refractivity contribution in [2.75, 3.05) is 4.90 Å². The molecule has 0 bridgehead atoms. The van der Waals surface area contributed by atoms with Gasteiger partial charge in [-0.1, -0.05) is 41.9 Å². The fourth-order valence-electron chi connectivity index (χ4n) is 5.74. The highest BCUT2D eigenvalue weighted by atomic mass is 35.5. The molecule has 1 aromatic heterocycles. The summed E-state index contributed by atoms with van der Waals surface area (Å²) >= 11 is 6.45. The molecule has 2 aliphatic carbocycles. The van der Waals surface area contributed by atoms with Gasteiger partial charge in [-0.3, -0.25) is 4.79 Å². The normalized spacial score (nSPS) is 19.9. The molecule has 3 aromatic carbocycles. The van der Waals surface area contributed by atoms with E-state index in [1.165, 1.54) is 18.2 Å². The molecule has 0 aliphatic heterocycles. The Morgan fingerprint density at radius 2 is 1.95 bits per heavy atom. The third-order valence-corrected chi connectivity index (χ3v) is 9.87. The van der Waals surface area contributed by atoms with Crippen LogP contribution in [0.5, 0.6) is 0 Å². The van der Waals surface area contributed by atoms with Crippen LogP contribution in [0.15, 0.2) is 84.0 Å². The summed E-state index contributed by atoms with van der Waals surface area (Å²) in [6.45, 7) is 0.270. The number of aryl methyl sites for hydroxylation is 2. The van der Waals surface area contributed by atoms with Gasteiger partial charge in [0, 0.05) is 42.1 Å². The van der Waals surface area contributed by atoms with Crippen molar-refractivity contribution < 1.29 is 17.6 Å². The van der Waals surface area contributed by atoms with E-state index < -0.39 is 21.9 Å². The molecule has 1 fully saturated rings. The summed E-state index contributed by atoms with van der Waals surface area (Å²) in [5.41, 5.74) is 3.50. The van der Waals surface area contributed by atoms with Gasteiger partial charge in [-0.2, -0.15) is 0 Å². The van der Waals surface area contributed by atoms with Crippen LogP contribution in [0.4, 0.5) is 10.1 Å². The monoisotopic (exact) mass is 592 g/mol. The predicted molar refractivity (Wildman–Crippen MR) is 156 cm³/mol. The molecule has 0 radical (unpaired) electrons. The molecule has 4 aromatic rings. The van der Waals surface area contributed by atoms with Crippen LogP contribution in [-0.2, 0) is 34.8 Å². The lowest BCUT2D eigenvalue weighted by Crippen LogP contribution is -2.34. The van der Waals surface area contributed by atoms with E-state index >= 15 is 0 Å². The molecule has 2 aliphatic rings. The maximum Gasteiger partial charge on any atom is 0.241 e. The average molecular weight is 593 g/mol. The number of carbonyl (C=O) groups excluding carboxylic acids is 1. The van der Waals surface area contributed by atoms with Crippen LogP contribution in [0.25, 0.3) is 0 Å². The summed E-state index contributed by atoms with van der Waals surface area (Å²) in [5.74, 6) is -0.0743. The van der Waals surface area contributed by atoms with Gasteiger partial charge >= 0.3 is 0 Å². The first-order valence-electron chi connectivity index (χ1n) is 13.6. The lowest BCUT2D eigenvalue weighted by atomic mass is 9.87. The maximum atomic E-state index is 14.0. The van der Waals surface area contributed by atoms with Gasteiger partial charge in [0.2, 0.25) is 15.9 Å². The quantitative estimate of drug-likeness (QED) is 0.276. The van der Waals surface area contributed by atoms with Gasteiger partial charge in [-0.05, 0) is 84.7 Å². The largest absolute Gasteiger partial charge is 0.337 e. The van der Waals surface area contributed by atoms with E-state index in [0.717, 1.165) is 41.4 Å². The highest BCUT2D eigenvalue weighted by Gasteiger charge is 2.47. The van der Waals surface area contributed by atoms with Crippen LogP contribution >= 0.6 is 11.6 Å². The maximum absolute atomic E-state index is 14.0. The Bertz CT molecular complexity index is 1720. The van der Waals surface area contributed by atoms with E-state index in [9.17, 15) is 17.6 Å². The molecule has 0 unspecified atom stereocenters. The van der Waals surface area contributed by atoms with Crippen LogP contribution in [0.2, 0.25) is 5.02 Å². The van der Waals surface area contributed by atoms with Crippen LogP contribution in [0.1, 0.15) is 53.7 Å². The van der Waals surface area contributed by atoms with Gasteiger partial charge in [0.15, 0.2) is 0 Å². The number of sulfonamides is 1. The van der Waals surface area contributed by atoms with E-state index in [-0.39, 0.29) is 29.2 Å². The fourth-order valence-corrected chi connectivity index (χ4v) is 7.30. The molecule has 1 saturated carbocycles. The molecule has 1 N–H and O–H groups in total. The molecular formula is C31H30ClFN4O3S. The molecule has 10 heteroatoms. The Morgan fingerprint density at radius 1 is 1.12 bits per heavy atom. The molecule has 212 valence electrons. The SMILES string of the molecule is Cn1ccnc1CN(C(=O)[C@@H]1C[C@H]1c1ccccc1Cl)c1ccc2c(c1)[C@@H](NS(=O)(=O)c1cccc(F)c1)CCC2. The summed E-state index contributed by atoms with van der Waals surface area (Å²) in [6.07, 6.45) is 6.45. The first kappa shape index (κ1) is 27.6. The molecule has 1 heterocycles. The second-order valence-corrected chi connectivity index (χ2v) is 12.9. The zero-order chi connectivity index (χ0) is 28.7. The van der Waals surface area contributed by atoms with Gasteiger partial charge in [0.05, 0.1) is 11.4 Å². The van der Waals surface area contributed by atoms with E-state index in [0.29, 0.717) is 23.6 Å². The topological polar surface area (TPSA) is 84.3 Å². The number of amides is 1. The predicted octanol–water partition coefficient (Wildman–Crippen LogP) is 5.91. The van der Waals surface area contributed by atoms with E-state index in [1.54, 1.807) is 11.1 Å². The number of hydrogen-bond acceptors (Lipinski definition) is 4. The number of carbonyl (C=O) groups is 1. The number of nitrogens with one attached hydrogen (secondary N) is 1. The van der Waals surface area contributed by atoms with Gasteiger partial charge < -0.3 is 9.47 Å². The Balaban J connectivity index is 1.32. The smallest absolute Gasteiger partial charge is 0.241 e. The average Bonchev–Trinajstić information content (AvgIpc) is 3.65. The Morgan fingerprint density at radius 3 is 2.71 bits per heavy atom. The second-order valence-electron chi connectivity index (χ2n) is 10.8. The first-order chi connectivity index (χ1) is 19.7. The van der Waals surface area contributed by atoms with E-state index in [4.69, 9.17) is 11.6 Å². The van der Waals surface area contributed by atoms with Crippen molar-refractivity contribution in [3.05, 3.63) is 112 Å². The standard InChI is InChI=1S/C31H30ClFN4O3S/c1-36-15-14-34-30(36)19-37(31(38)27-18-26(27)24-9-2-3-10-28(24)32)22-13-12-20-6-4-11-29(25(20)17-22)35-41(39,40)23-8-5-7-21(33)16-23/h2-3,5,7-10,12-17,26-27,29,35H,4,6,11,18-19H2,1H3/t26-,27+,29-/m0/s1. The summed E-state index contributed by atoms with van der Waals surface area (Å²) in [6, 6.07) is 17.9. The summed E-state index contributed by atoms with van der Waals surface area (Å²) in [4.78, 5) is 20.1. The van der Waals surface area contributed by atoms with E-state index in [2.05, 4.69) is 9.71 Å². The van der Waals surface area contributed by atoms with Crippen LogP contribution < -0.4 is 9.62 Å². The number of anilines is 1.